The van der Waals surface area contributed by atoms with Crippen molar-refractivity contribution in [1.29, 1.82) is 21.0 Å². The summed E-state index contributed by atoms with van der Waals surface area (Å²) in [5.41, 5.74) is -2.01. The summed E-state index contributed by atoms with van der Waals surface area (Å²) in [4.78, 5) is 0. The zero-order chi connectivity index (χ0) is 21.8. The highest BCUT2D eigenvalue weighted by Gasteiger charge is 2.68. The number of methoxy groups -OCH3 is 1. The van der Waals surface area contributed by atoms with Crippen molar-refractivity contribution < 1.29 is 4.74 Å². The maximum absolute atomic E-state index is 10.0. The van der Waals surface area contributed by atoms with E-state index in [4.69, 9.17) is 17.0 Å². The molecule has 3 rings (SSSR count). The third-order valence-electron chi connectivity index (χ3n) is 5.50. The van der Waals surface area contributed by atoms with Crippen molar-refractivity contribution in [3.8, 4) is 30.0 Å². The minimum Gasteiger partial charge on any atom is -0.497 e. The van der Waals surface area contributed by atoms with Crippen LogP contribution in [-0.4, -0.2) is 16.6 Å². The molecule has 30 heavy (non-hydrogen) atoms. The molecule has 5 nitrogen and oxygen atoms in total. The van der Waals surface area contributed by atoms with Crippen molar-refractivity contribution >= 4 is 28.2 Å². The largest absolute Gasteiger partial charge is 0.497 e. The van der Waals surface area contributed by atoms with Crippen LogP contribution in [0.4, 0.5) is 0 Å². The van der Waals surface area contributed by atoms with E-state index in [2.05, 4.69) is 0 Å². The van der Waals surface area contributed by atoms with Gasteiger partial charge in [0.15, 0.2) is 10.8 Å². The maximum atomic E-state index is 10.0. The molecule has 1 aliphatic rings. The Kier molecular flexibility index (Phi) is 6.09. The predicted octanol–water partition coefficient (Wildman–Crippen LogP) is 4.73. The third-order valence-corrected chi connectivity index (χ3v) is 7.21. The molecule has 0 N–H and O–H groups in total. The van der Waals surface area contributed by atoms with Gasteiger partial charge in [0.2, 0.25) is 0 Å². The highest BCUT2D eigenvalue weighted by molar-refractivity contribution is 8.24. The first-order valence-corrected chi connectivity index (χ1v) is 10.3. The summed E-state index contributed by atoms with van der Waals surface area (Å²) in [6.07, 6.45) is 0.0711. The van der Waals surface area contributed by atoms with Crippen LogP contribution in [0.2, 0.25) is 0 Å². The molecule has 0 unspecified atom stereocenters. The molecule has 1 aliphatic carbocycles. The minimum absolute atomic E-state index is 0.0711. The maximum Gasteiger partial charge on any atom is 0.183 e. The fourth-order valence-electron chi connectivity index (χ4n) is 3.94. The molecule has 7 heteroatoms. The first kappa shape index (κ1) is 21.4. The van der Waals surface area contributed by atoms with Crippen LogP contribution in [0.25, 0.3) is 0 Å². The zero-order valence-electron chi connectivity index (χ0n) is 16.1. The second kappa shape index (κ2) is 8.56. The van der Waals surface area contributed by atoms with Crippen molar-refractivity contribution in [2.75, 3.05) is 7.11 Å². The Bertz CT molecular complexity index is 1090. The van der Waals surface area contributed by atoms with Gasteiger partial charge in [-0.05, 0) is 41.8 Å². The molecule has 0 saturated heterocycles. The Balaban J connectivity index is 2.07. The van der Waals surface area contributed by atoms with Gasteiger partial charge >= 0.3 is 0 Å². The van der Waals surface area contributed by atoms with Crippen LogP contribution in [0, 0.1) is 56.2 Å². The van der Waals surface area contributed by atoms with Crippen LogP contribution in [0.1, 0.15) is 23.5 Å². The van der Waals surface area contributed by atoms with Crippen LogP contribution in [0.3, 0.4) is 0 Å². The summed E-state index contributed by atoms with van der Waals surface area (Å²) < 4.78 is 5.75. The number of thiocarbonyl (C=S) groups is 1. The summed E-state index contributed by atoms with van der Waals surface area (Å²) in [6, 6.07) is 24.5. The summed E-state index contributed by atoms with van der Waals surface area (Å²) in [5.74, 6) is 0.0599. The molecular formula is C23H16N4OS2. The highest BCUT2D eigenvalue weighted by Crippen LogP contribution is 2.62. The minimum atomic E-state index is -1.80. The number of nitriles is 4. The number of rotatable bonds is 4. The molecule has 2 aromatic carbocycles. The Morgan fingerprint density at radius 2 is 1.57 bits per heavy atom. The quantitative estimate of drug-likeness (QED) is 0.648. The van der Waals surface area contributed by atoms with E-state index in [9.17, 15) is 21.0 Å². The molecule has 0 radical (unpaired) electrons. The first-order valence-electron chi connectivity index (χ1n) is 9.06. The van der Waals surface area contributed by atoms with Crippen LogP contribution >= 0.6 is 24.0 Å². The van der Waals surface area contributed by atoms with Crippen molar-refractivity contribution in [2.24, 2.45) is 10.8 Å². The SMILES string of the molecule is COc1ccc(C(=S)S[C@@H]2CC(C#N)(C#N)C(C#N)(C#N)[C@H]2c2ccccc2)cc1. The fraction of sp³-hybridized carbons (Fsp3) is 0.261. The van der Waals surface area contributed by atoms with Gasteiger partial charge in [0.05, 0.1) is 35.6 Å². The van der Waals surface area contributed by atoms with E-state index < -0.39 is 16.7 Å². The van der Waals surface area contributed by atoms with Crippen LogP contribution < -0.4 is 4.74 Å². The summed E-state index contributed by atoms with van der Waals surface area (Å²) in [6.45, 7) is 0. The van der Waals surface area contributed by atoms with E-state index in [-0.39, 0.29) is 11.7 Å². The zero-order valence-corrected chi connectivity index (χ0v) is 17.7. The van der Waals surface area contributed by atoms with Gasteiger partial charge in [0.25, 0.3) is 0 Å². The second-order valence-electron chi connectivity index (χ2n) is 6.93. The Hall–Kier alpha value is -3.36. The van der Waals surface area contributed by atoms with Gasteiger partial charge in [-0.25, -0.2) is 0 Å². The average molecular weight is 429 g/mol. The van der Waals surface area contributed by atoms with Gasteiger partial charge in [-0.15, -0.1) is 11.8 Å². The second-order valence-corrected chi connectivity index (χ2v) is 8.84. The summed E-state index contributed by atoms with van der Waals surface area (Å²) in [5, 5.41) is 39.4. The molecule has 2 aromatic rings. The Labute approximate surface area is 185 Å². The lowest BCUT2D eigenvalue weighted by Gasteiger charge is -2.29. The average Bonchev–Trinajstić information content (AvgIpc) is 3.09. The number of ether oxygens (including phenoxy) is 1. The molecule has 1 saturated carbocycles. The van der Waals surface area contributed by atoms with E-state index in [1.807, 2.05) is 66.7 Å². The number of nitrogens with zero attached hydrogens (tertiary/aromatic N) is 4. The number of hydrogen-bond donors (Lipinski definition) is 0. The normalized spacial score (nSPS) is 20.7. The molecule has 146 valence electrons. The number of benzene rings is 2. The van der Waals surface area contributed by atoms with E-state index in [0.717, 1.165) is 11.1 Å². The molecule has 0 heterocycles. The van der Waals surface area contributed by atoms with Gasteiger partial charge in [0, 0.05) is 11.2 Å². The first-order chi connectivity index (χ1) is 14.5. The lowest BCUT2D eigenvalue weighted by molar-refractivity contribution is 0.331. The highest BCUT2D eigenvalue weighted by atomic mass is 32.2. The van der Waals surface area contributed by atoms with E-state index in [0.29, 0.717) is 9.95 Å². The topological polar surface area (TPSA) is 104 Å². The monoisotopic (exact) mass is 428 g/mol. The third kappa shape index (κ3) is 3.30. The van der Waals surface area contributed by atoms with Crippen molar-refractivity contribution in [3.05, 3.63) is 65.7 Å². The molecule has 1 fully saturated rings. The molecular weight excluding hydrogens is 412 g/mol. The molecule has 0 aliphatic heterocycles. The van der Waals surface area contributed by atoms with Crippen molar-refractivity contribution in [2.45, 2.75) is 17.6 Å². The molecule has 0 aromatic heterocycles. The van der Waals surface area contributed by atoms with Gasteiger partial charge in [0.1, 0.15) is 5.75 Å². The van der Waals surface area contributed by atoms with E-state index in [1.54, 1.807) is 19.2 Å². The van der Waals surface area contributed by atoms with Crippen molar-refractivity contribution in [3.63, 3.8) is 0 Å². The number of hydrogen-bond acceptors (Lipinski definition) is 7. The smallest absolute Gasteiger partial charge is 0.183 e. The summed E-state index contributed by atoms with van der Waals surface area (Å²) >= 11 is 6.95. The molecule has 0 bridgehead atoms. The predicted molar refractivity (Wildman–Crippen MR) is 117 cm³/mol. The number of thioether (sulfide) groups is 1. The molecule has 2 atom stereocenters. The molecule has 0 amide bonds. The van der Waals surface area contributed by atoms with Gasteiger partial charge in [-0.3, -0.25) is 0 Å². The fourth-order valence-corrected chi connectivity index (χ4v) is 5.82. The van der Waals surface area contributed by atoms with Crippen molar-refractivity contribution in [1.82, 2.24) is 0 Å². The molecule has 0 spiro atoms. The Morgan fingerprint density at radius 1 is 0.967 bits per heavy atom. The lowest BCUT2D eigenvalue weighted by Crippen LogP contribution is -2.37. The summed E-state index contributed by atoms with van der Waals surface area (Å²) in [7, 11) is 1.58. The van der Waals surface area contributed by atoms with Crippen LogP contribution in [0.15, 0.2) is 54.6 Å². The lowest BCUT2D eigenvalue weighted by atomic mass is 9.64. The van der Waals surface area contributed by atoms with Crippen LogP contribution in [-0.2, 0) is 0 Å². The van der Waals surface area contributed by atoms with Gasteiger partial charge in [-0.2, -0.15) is 21.0 Å². The van der Waals surface area contributed by atoms with Gasteiger partial charge < -0.3 is 4.74 Å². The van der Waals surface area contributed by atoms with Gasteiger partial charge in [-0.1, -0.05) is 42.5 Å². The standard InChI is InChI=1S/C23H16N4OS2/c1-28-18-9-7-17(8-10-18)21(29)30-19-11-22(12-24,13-25)23(14-26,15-27)20(19)16-5-3-2-4-6-16/h2-10,19-20H,11H2,1H3/t19-,20+/m1/s1. The van der Waals surface area contributed by atoms with Crippen LogP contribution in [0.5, 0.6) is 5.75 Å². The van der Waals surface area contributed by atoms with E-state index >= 15 is 0 Å². The van der Waals surface area contributed by atoms with E-state index in [1.165, 1.54) is 11.8 Å². The Morgan fingerprint density at radius 3 is 2.07 bits per heavy atom.